The summed E-state index contributed by atoms with van der Waals surface area (Å²) in [5.41, 5.74) is 6.81. The third kappa shape index (κ3) is 4.08. The zero-order chi connectivity index (χ0) is 12.3. The van der Waals surface area contributed by atoms with E-state index in [9.17, 15) is 0 Å². The van der Waals surface area contributed by atoms with Crippen molar-refractivity contribution >= 4 is 0 Å². The SMILES string of the molecule is CC1CCCC(C(N)CC(C)C(C)(C)C)C1. The van der Waals surface area contributed by atoms with Gasteiger partial charge >= 0.3 is 0 Å². The van der Waals surface area contributed by atoms with Gasteiger partial charge in [-0.15, -0.1) is 0 Å². The minimum absolute atomic E-state index is 0.401. The van der Waals surface area contributed by atoms with Gasteiger partial charge in [0.05, 0.1) is 0 Å². The minimum Gasteiger partial charge on any atom is -0.327 e. The highest BCUT2D eigenvalue weighted by Gasteiger charge is 2.28. The molecule has 0 spiro atoms. The molecule has 1 nitrogen and oxygen atoms in total. The monoisotopic (exact) mass is 225 g/mol. The van der Waals surface area contributed by atoms with Crippen molar-refractivity contribution in [3.05, 3.63) is 0 Å². The molecule has 1 aliphatic carbocycles. The number of hydrogen-bond acceptors (Lipinski definition) is 1. The molecule has 0 aromatic carbocycles. The average molecular weight is 225 g/mol. The van der Waals surface area contributed by atoms with E-state index >= 15 is 0 Å². The van der Waals surface area contributed by atoms with Crippen LogP contribution in [0.15, 0.2) is 0 Å². The van der Waals surface area contributed by atoms with Gasteiger partial charge in [0, 0.05) is 6.04 Å². The summed E-state index contributed by atoms with van der Waals surface area (Å²) in [5.74, 6) is 2.41. The summed E-state index contributed by atoms with van der Waals surface area (Å²) in [6, 6.07) is 0.428. The Morgan fingerprint density at radius 2 is 1.88 bits per heavy atom. The highest BCUT2D eigenvalue weighted by atomic mass is 14.7. The van der Waals surface area contributed by atoms with Crippen LogP contribution < -0.4 is 5.73 Å². The Morgan fingerprint density at radius 3 is 2.38 bits per heavy atom. The van der Waals surface area contributed by atoms with Gasteiger partial charge in [-0.1, -0.05) is 47.5 Å². The second-order valence-corrected chi connectivity index (χ2v) is 7.20. The van der Waals surface area contributed by atoms with Crippen LogP contribution in [0.2, 0.25) is 0 Å². The summed E-state index contributed by atoms with van der Waals surface area (Å²) >= 11 is 0. The lowest BCUT2D eigenvalue weighted by Gasteiger charge is -2.35. The van der Waals surface area contributed by atoms with E-state index in [0.717, 1.165) is 17.8 Å². The predicted octanol–water partition coefficient (Wildman–Crippen LogP) is 4.21. The molecule has 0 aliphatic heterocycles. The van der Waals surface area contributed by atoms with E-state index in [1.807, 2.05) is 0 Å². The Kier molecular flexibility index (Phi) is 4.85. The molecule has 0 amide bonds. The third-order valence-corrected chi connectivity index (χ3v) is 4.69. The summed E-state index contributed by atoms with van der Waals surface area (Å²) in [5, 5.41) is 0. The maximum atomic E-state index is 6.41. The van der Waals surface area contributed by atoms with Crippen LogP contribution >= 0.6 is 0 Å². The standard InChI is InChI=1S/C15H31N/c1-11-7-6-8-13(9-11)14(16)10-12(2)15(3,4)5/h11-14H,6-10,16H2,1-5H3. The quantitative estimate of drug-likeness (QED) is 0.765. The Bertz CT molecular complexity index is 204. The van der Waals surface area contributed by atoms with E-state index in [-0.39, 0.29) is 0 Å². The van der Waals surface area contributed by atoms with Crippen molar-refractivity contribution in [2.75, 3.05) is 0 Å². The normalized spacial score (nSPS) is 31.1. The summed E-state index contributed by atoms with van der Waals surface area (Å²) in [6.07, 6.45) is 6.72. The minimum atomic E-state index is 0.401. The van der Waals surface area contributed by atoms with Crippen molar-refractivity contribution in [2.24, 2.45) is 28.9 Å². The van der Waals surface area contributed by atoms with Gasteiger partial charge in [0.1, 0.15) is 0 Å². The van der Waals surface area contributed by atoms with Crippen LogP contribution in [0.3, 0.4) is 0 Å². The fraction of sp³-hybridized carbons (Fsp3) is 1.00. The fourth-order valence-corrected chi connectivity index (χ4v) is 2.82. The Balaban J connectivity index is 2.42. The van der Waals surface area contributed by atoms with E-state index < -0.39 is 0 Å². The first-order valence-corrected chi connectivity index (χ1v) is 7.06. The van der Waals surface area contributed by atoms with Crippen LogP contribution in [0.4, 0.5) is 0 Å². The molecule has 96 valence electrons. The maximum Gasteiger partial charge on any atom is 0.00699 e. The molecule has 4 unspecified atom stereocenters. The largest absolute Gasteiger partial charge is 0.327 e. The summed E-state index contributed by atoms with van der Waals surface area (Å²) in [7, 11) is 0. The van der Waals surface area contributed by atoms with Crippen LogP contribution in [-0.2, 0) is 0 Å². The lowest BCUT2D eigenvalue weighted by atomic mass is 9.72. The smallest absolute Gasteiger partial charge is 0.00699 e. The molecule has 2 N–H and O–H groups in total. The summed E-state index contributed by atoms with van der Waals surface area (Å²) < 4.78 is 0. The molecule has 4 atom stereocenters. The van der Waals surface area contributed by atoms with Gasteiger partial charge in [-0.25, -0.2) is 0 Å². The van der Waals surface area contributed by atoms with E-state index in [0.29, 0.717) is 11.5 Å². The van der Waals surface area contributed by atoms with Crippen molar-refractivity contribution in [1.29, 1.82) is 0 Å². The summed E-state index contributed by atoms with van der Waals surface area (Å²) in [4.78, 5) is 0. The van der Waals surface area contributed by atoms with Crippen molar-refractivity contribution in [1.82, 2.24) is 0 Å². The Hall–Kier alpha value is -0.0400. The predicted molar refractivity (Wildman–Crippen MR) is 72.3 cm³/mol. The zero-order valence-electron chi connectivity index (χ0n) is 11.9. The fourth-order valence-electron chi connectivity index (χ4n) is 2.82. The molecule has 1 heteroatoms. The molecule has 0 saturated heterocycles. The molecule has 1 aliphatic rings. The van der Waals surface area contributed by atoms with E-state index in [4.69, 9.17) is 5.73 Å². The second-order valence-electron chi connectivity index (χ2n) is 7.20. The molecule has 0 heterocycles. The zero-order valence-corrected chi connectivity index (χ0v) is 11.9. The Labute approximate surface area is 102 Å². The lowest BCUT2D eigenvalue weighted by Crippen LogP contribution is -2.36. The first-order valence-electron chi connectivity index (χ1n) is 7.06. The van der Waals surface area contributed by atoms with Crippen molar-refractivity contribution in [2.45, 2.75) is 72.8 Å². The molecule has 0 bridgehead atoms. The third-order valence-electron chi connectivity index (χ3n) is 4.69. The van der Waals surface area contributed by atoms with Crippen LogP contribution in [0.25, 0.3) is 0 Å². The molecule has 0 aromatic rings. The van der Waals surface area contributed by atoms with Crippen molar-refractivity contribution in [3.8, 4) is 0 Å². The van der Waals surface area contributed by atoms with Crippen LogP contribution in [0, 0.1) is 23.2 Å². The van der Waals surface area contributed by atoms with Gasteiger partial charge < -0.3 is 5.73 Å². The van der Waals surface area contributed by atoms with Gasteiger partial charge in [0.25, 0.3) is 0 Å². The van der Waals surface area contributed by atoms with Gasteiger partial charge in [-0.3, -0.25) is 0 Å². The lowest BCUT2D eigenvalue weighted by molar-refractivity contribution is 0.181. The van der Waals surface area contributed by atoms with Crippen molar-refractivity contribution in [3.63, 3.8) is 0 Å². The second kappa shape index (κ2) is 5.53. The van der Waals surface area contributed by atoms with Crippen LogP contribution in [0.1, 0.15) is 66.7 Å². The molecular formula is C15H31N. The van der Waals surface area contributed by atoms with Gasteiger partial charge in [0.15, 0.2) is 0 Å². The van der Waals surface area contributed by atoms with E-state index in [2.05, 4.69) is 34.6 Å². The highest BCUT2D eigenvalue weighted by Crippen LogP contribution is 2.35. The highest BCUT2D eigenvalue weighted by molar-refractivity contribution is 4.83. The topological polar surface area (TPSA) is 26.0 Å². The first kappa shape index (κ1) is 14.0. The molecule has 1 rings (SSSR count). The Morgan fingerprint density at radius 1 is 1.25 bits per heavy atom. The first-order chi connectivity index (χ1) is 7.30. The summed E-state index contributed by atoms with van der Waals surface area (Å²) in [6.45, 7) is 11.7. The van der Waals surface area contributed by atoms with Gasteiger partial charge in [-0.05, 0) is 42.4 Å². The van der Waals surface area contributed by atoms with Crippen LogP contribution in [-0.4, -0.2) is 6.04 Å². The van der Waals surface area contributed by atoms with Gasteiger partial charge in [-0.2, -0.15) is 0 Å². The molecule has 16 heavy (non-hydrogen) atoms. The van der Waals surface area contributed by atoms with Crippen LogP contribution in [0.5, 0.6) is 0 Å². The average Bonchev–Trinajstić information content (AvgIpc) is 2.16. The molecule has 0 aromatic heterocycles. The molecule has 1 fully saturated rings. The molecule has 0 radical (unpaired) electrons. The maximum absolute atomic E-state index is 6.41. The number of rotatable bonds is 3. The van der Waals surface area contributed by atoms with E-state index in [1.165, 1.54) is 32.1 Å². The molecular weight excluding hydrogens is 194 g/mol. The van der Waals surface area contributed by atoms with E-state index in [1.54, 1.807) is 0 Å². The number of nitrogens with two attached hydrogens (primary N) is 1. The number of hydrogen-bond donors (Lipinski definition) is 1. The van der Waals surface area contributed by atoms with Crippen molar-refractivity contribution < 1.29 is 0 Å². The molecule has 1 saturated carbocycles. The van der Waals surface area contributed by atoms with Gasteiger partial charge in [0.2, 0.25) is 0 Å².